The van der Waals surface area contributed by atoms with Crippen molar-refractivity contribution >= 4 is 10.0 Å². The van der Waals surface area contributed by atoms with Crippen LogP contribution in [0.1, 0.15) is 19.8 Å². The van der Waals surface area contributed by atoms with Crippen LogP contribution >= 0.6 is 0 Å². The van der Waals surface area contributed by atoms with E-state index in [9.17, 15) is 8.42 Å². The molecule has 1 aliphatic rings. The molecule has 2 atom stereocenters. The minimum absolute atomic E-state index is 0.102. The summed E-state index contributed by atoms with van der Waals surface area (Å²) in [5, 5.41) is -0.532. The van der Waals surface area contributed by atoms with E-state index in [0.717, 1.165) is 12.8 Å². The molecule has 0 spiro atoms. The molecule has 0 heterocycles. The average Bonchev–Trinajstić information content (AvgIpc) is 2.98. The van der Waals surface area contributed by atoms with Gasteiger partial charge in [-0.2, -0.15) is 0 Å². The first kappa shape index (κ1) is 12.9. The van der Waals surface area contributed by atoms with E-state index in [0.29, 0.717) is 12.5 Å². The summed E-state index contributed by atoms with van der Waals surface area (Å²) in [4.78, 5) is 0. The molecule has 0 radical (unpaired) electrons. The van der Waals surface area contributed by atoms with Gasteiger partial charge >= 0.3 is 0 Å². The smallest absolute Gasteiger partial charge is 0.216 e. The molecule has 0 amide bonds. The van der Waals surface area contributed by atoms with Crippen molar-refractivity contribution in [3.8, 4) is 0 Å². The van der Waals surface area contributed by atoms with E-state index >= 15 is 0 Å². The van der Waals surface area contributed by atoms with Crippen LogP contribution in [0.3, 0.4) is 0 Å². The Labute approximate surface area is 91.4 Å². The van der Waals surface area contributed by atoms with Gasteiger partial charge in [0.15, 0.2) is 0 Å². The summed E-state index contributed by atoms with van der Waals surface area (Å²) < 4.78 is 31.0. The number of nitrogens with one attached hydrogen (secondary N) is 1. The summed E-state index contributed by atoms with van der Waals surface area (Å²) in [6.07, 6.45) is 2.14. The first-order chi connectivity index (χ1) is 7.01. The third-order valence-corrected chi connectivity index (χ3v) is 4.52. The second kappa shape index (κ2) is 5.25. The highest BCUT2D eigenvalue weighted by molar-refractivity contribution is 7.90. The van der Waals surface area contributed by atoms with Crippen molar-refractivity contribution in [2.75, 3.05) is 20.3 Å². The normalized spacial score (nSPS) is 21.3. The van der Waals surface area contributed by atoms with Gasteiger partial charge in [0.1, 0.15) is 0 Å². The van der Waals surface area contributed by atoms with Gasteiger partial charge in [0, 0.05) is 19.7 Å². The molecule has 0 aliphatic heterocycles. The second-order valence-electron chi connectivity index (χ2n) is 4.11. The monoisotopic (exact) mass is 236 g/mol. The summed E-state index contributed by atoms with van der Waals surface area (Å²) >= 11 is 0. The van der Waals surface area contributed by atoms with E-state index in [1.807, 2.05) is 0 Å². The van der Waals surface area contributed by atoms with Crippen LogP contribution < -0.4 is 10.5 Å². The predicted molar refractivity (Wildman–Crippen MR) is 59.0 cm³/mol. The van der Waals surface area contributed by atoms with Crippen molar-refractivity contribution in [1.82, 2.24) is 4.72 Å². The van der Waals surface area contributed by atoms with Crippen LogP contribution in [0.25, 0.3) is 0 Å². The topological polar surface area (TPSA) is 81.4 Å². The lowest BCUT2D eigenvalue weighted by Crippen LogP contribution is -2.46. The summed E-state index contributed by atoms with van der Waals surface area (Å²) in [5.41, 5.74) is 5.54. The fourth-order valence-electron chi connectivity index (χ4n) is 1.49. The standard InChI is InChI=1S/C9H20N2O3S/c1-7(6-14-2)15(12,13)11-9(5-10)8-3-4-8/h7-9,11H,3-6,10H2,1-2H3. The number of methoxy groups -OCH3 is 1. The molecule has 6 heteroatoms. The molecule has 0 aromatic rings. The van der Waals surface area contributed by atoms with E-state index in [1.54, 1.807) is 6.92 Å². The summed E-state index contributed by atoms with van der Waals surface area (Å²) in [6.45, 7) is 2.20. The molecule has 1 aliphatic carbocycles. The van der Waals surface area contributed by atoms with Gasteiger partial charge in [0.2, 0.25) is 10.0 Å². The van der Waals surface area contributed by atoms with Gasteiger partial charge in [-0.25, -0.2) is 13.1 Å². The molecule has 1 fully saturated rings. The maximum absolute atomic E-state index is 11.8. The largest absolute Gasteiger partial charge is 0.383 e. The molecule has 0 saturated heterocycles. The molecule has 0 aromatic carbocycles. The van der Waals surface area contributed by atoms with Crippen LogP contribution in [-0.2, 0) is 14.8 Å². The molecule has 90 valence electrons. The molecule has 1 rings (SSSR count). The third kappa shape index (κ3) is 3.71. The Balaban J connectivity index is 2.53. The lowest BCUT2D eigenvalue weighted by molar-refractivity contribution is 0.200. The zero-order valence-corrected chi connectivity index (χ0v) is 10.1. The Morgan fingerprint density at radius 2 is 2.13 bits per heavy atom. The molecular weight excluding hydrogens is 216 g/mol. The fourth-order valence-corrected chi connectivity index (χ4v) is 2.75. The summed E-state index contributed by atoms with van der Waals surface area (Å²) in [6, 6.07) is -0.102. The van der Waals surface area contributed by atoms with Gasteiger partial charge in [0.25, 0.3) is 0 Å². The minimum atomic E-state index is -3.29. The molecule has 1 saturated carbocycles. The lowest BCUT2D eigenvalue weighted by atomic mass is 10.2. The first-order valence-electron chi connectivity index (χ1n) is 5.21. The molecule has 0 bridgehead atoms. The quantitative estimate of drug-likeness (QED) is 0.634. The highest BCUT2D eigenvalue weighted by Crippen LogP contribution is 2.32. The number of hydrogen-bond donors (Lipinski definition) is 2. The number of rotatable bonds is 7. The van der Waals surface area contributed by atoms with Crippen molar-refractivity contribution in [2.24, 2.45) is 11.7 Å². The molecule has 5 nitrogen and oxygen atoms in total. The van der Waals surface area contributed by atoms with Crippen molar-refractivity contribution in [3.63, 3.8) is 0 Å². The molecule has 0 aromatic heterocycles. The Morgan fingerprint density at radius 1 is 1.53 bits per heavy atom. The Hall–Kier alpha value is -0.170. The minimum Gasteiger partial charge on any atom is -0.383 e. The molecule has 3 N–H and O–H groups in total. The highest BCUT2D eigenvalue weighted by atomic mass is 32.2. The third-order valence-electron chi connectivity index (χ3n) is 2.69. The van der Waals surface area contributed by atoms with Gasteiger partial charge in [0.05, 0.1) is 11.9 Å². The SMILES string of the molecule is COCC(C)S(=O)(=O)NC(CN)C1CC1. The second-order valence-corrected chi connectivity index (χ2v) is 6.24. The zero-order valence-electron chi connectivity index (χ0n) is 9.27. The number of ether oxygens (including phenoxy) is 1. The van der Waals surface area contributed by atoms with E-state index in [1.165, 1.54) is 7.11 Å². The molecule has 2 unspecified atom stereocenters. The Bertz CT molecular complexity index is 288. The maximum atomic E-state index is 11.8. The Kier molecular flexibility index (Phi) is 4.51. The predicted octanol–water partition coefficient (Wildman–Crippen LogP) is -0.322. The van der Waals surface area contributed by atoms with E-state index < -0.39 is 15.3 Å². The van der Waals surface area contributed by atoms with Crippen molar-refractivity contribution in [3.05, 3.63) is 0 Å². The van der Waals surface area contributed by atoms with Crippen molar-refractivity contribution in [2.45, 2.75) is 31.1 Å². The van der Waals surface area contributed by atoms with E-state index in [4.69, 9.17) is 10.5 Å². The van der Waals surface area contributed by atoms with Crippen LogP contribution in [0.2, 0.25) is 0 Å². The zero-order chi connectivity index (χ0) is 11.5. The van der Waals surface area contributed by atoms with Gasteiger partial charge in [-0.15, -0.1) is 0 Å². The van der Waals surface area contributed by atoms with Crippen LogP contribution in [0, 0.1) is 5.92 Å². The van der Waals surface area contributed by atoms with Gasteiger partial charge in [-0.3, -0.25) is 0 Å². The number of sulfonamides is 1. The van der Waals surface area contributed by atoms with Crippen LogP contribution in [0.5, 0.6) is 0 Å². The van der Waals surface area contributed by atoms with E-state index in [2.05, 4.69) is 4.72 Å². The average molecular weight is 236 g/mol. The molecule has 15 heavy (non-hydrogen) atoms. The Morgan fingerprint density at radius 3 is 2.53 bits per heavy atom. The fraction of sp³-hybridized carbons (Fsp3) is 1.00. The van der Waals surface area contributed by atoms with Gasteiger partial charge in [-0.1, -0.05) is 0 Å². The van der Waals surface area contributed by atoms with Crippen molar-refractivity contribution < 1.29 is 13.2 Å². The van der Waals surface area contributed by atoms with Crippen molar-refractivity contribution in [1.29, 1.82) is 0 Å². The van der Waals surface area contributed by atoms with Crippen LogP contribution in [0.15, 0.2) is 0 Å². The maximum Gasteiger partial charge on any atom is 0.216 e. The molecular formula is C9H20N2O3S. The summed E-state index contributed by atoms with van der Waals surface area (Å²) in [7, 11) is -1.80. The number of nitrogens with two attached hydrogens (primary N) is 1. The highest BCUT2D eigenvalue weighted by Gasteiger charge is 2.34. The van der Waals surface area contributed by atoms with Crippen LogP contribution in [0.4, 0.5) is 0 Å². The lowest BCUT2D eigenvalue weighted by Gasteiger charge is -2.19. The van der Waals surface area contributed by atoms with Crippen LogP contribution in [-0.4, -0.2) is 40.0 Å². The summed E-state index contributed by atoms with van der Waals surface area (Å²) in [5.74, 6) is 0.430. The number of hydrogen-bond acceptors (Lipinski definition) is 4. The first-order valence-corrected chi connectivity index (χ1v) is 6.76. The van der Waals surface area contributed by atoms with E-state index in [-0.39, 0.29) is 12.6 Å². The van der Waals surface area contributed by atoms with Gasteiger partial charge < -0.3 is 10.5 Å². The van der Waals surface area contributed by atoms with Gasteiger partial charge in [-0.05, 0) is 25.7 Å².